The quantitative estimate of drug-likeness (QED) is 0.694. The van der Waals surface area contributed by atoms with Crippen LogP contribution in [0.15, 0.2) is 29.6 Å². The maximum Gasteiger partial charge on any atom is 0.210 e. The van der Waals surface area contributed by atoms with Crippen molar-refractivity contribution in [1.29, 1.82) is 0 Å². The number of hydrogen-bond acceptors (Lipinski definition) is 4. The van der Waals surface area contributed by atoms with Crippen LogP contribution in [-0.2, 0) is 0 Å². The minimum atomic E-state index is -0.497. The zero-order chi connectivity index (χ0) is 9.26. The highest BCUT2D eigenvalue weighted by atomic mass is 32.1. The van der Waals surface area contributed by atoms with Gasteiger partial charge >= 0.3 is 0 Å². The Morgan fingerprint density at radius 2 is 2.00 bits per heavy atom. The smallest absolute Gasteiger partial charge is 0.210 e. The summed E-state index contributed by atoms with van der Waals surface area (Å²) < 4.78 is 13.2. The van der Waals surface area contributed by atoms with E-state index in [1.54, 1.807) is 0 Å². The molecule has 0 aromatic carbocycles. The summed E-state index contributed by atoms with van der Waals surface area (Å²) in [6, 6.07) is 1.26. The molecule has 0 radical (unpaired) electrons. The summed E-state index contributed by atoms with van der Waals surface area (Å²) in [6.45, 7) is 0. The number of pyridine rings is 1. The Balaban J connectivity index is 2.53. The molecule has 0 spiro atoms. The number of rotatable bonds is 1. The number of thiol groups is 1. The van der Waals surface area contributed by atoms with Gasteiger partial charge in [0.25, 0.3) is 0 Å². The van der Waals surface area contributed by atoms with Gasteiger partial charge in [0.15, 0.2) is 5.82 Å². The maximum absolute atomic E-state index is 13.2. The van der Waals surface area contributed by atoms with Crippen molar-refractivity contribution >= 4 is 12.6 Å². The van der Waals surface area contributed by atoms with Crippen LogP contribution in [0.5, 0.6) is 0 Å². The van der Waals surface area contributed by atoms with Crippen LogP contribution in [0, 0.1) is 5.82 Å². The molecule has 6 heteroatoms. The minimum Gasteiger partial charge on any atom is -0.232 e. The van der Waals surface area contributed by atoms with Crippen LogP contribution in [0.4, 0.5) is 4.39 Å². The molecule has 2 aromatic heterocycles. The lowest BCUT2D eigenvalue weighted by Crippen LogP contribution is -2.04. The van der Waals surface area contributed by atoms with E-state index in [2.05, 4.69) is 27.8 Å². The fraction of sp³-hybridized carbons (Fsp3) is 0. The lowest BCUT2D eigenvalue weighted by Gasteiger charge is -1.99. The molecule has 0 aliphatic carbocycles. The van der Waals surface area contributed by atoms with Crippen LogP contribution in [0.3, 0.4) is 0 Å². The van der Waals surface area contributed by atoms with Gasteiger partial charge in [0.05, 0.1) is 12.4 Å². The number of halogens is 1. The van der Waals surface area contributed by atoms with Crippen LogP contribution in [0.25, 0.3) is 5.82 Å². The fourth-order valence-corrected chi connectivity index (χ4v) is 1.06. The van der Waals surface area contributed by atoms with Crippen molar-refractivity contribution in [3.63, 3.8) is 0 Å². The third-order valence-corrected chi connectivity index (χ3v) is 1.66. The largest absolute Gasteiger partial charge is 0.232 e. The molecule has 4 nitrogen and oxygen atoms in total. The lowest BCUT2D eigenvalue weighted by molar-refractivity contribution is 0.579. The topological polar surface area (TPSA) is 43.6 Å². The second-order valence-corrected chi connectivity index (χ2v) is 2.83. The van der Waals surface area contributed by atoms with Crippen molar-refractivity contribution in [2.75, 3.05) is 0 Å². The van der Waals surface area contributed by atoms with E-state index in [-0.39, 0.29) is 5.82 Å². The van der Waals surface area contributed by atoms with Crippen molar-refractivity contribution in [1.82, 2.24) is 20.0 Å². The second-order valence-electron chi connectivity index (χ2n) is 2.32. The average molecular weight is 196 g/mol. The van der Waals surface area contributed by atoms with Gasteiger partial charge in [-0.05, 0) is 6.07 Å². The molecule has 2 heterocycles. The SMILES string of the molecule is Fc1cc(S)cnc1-n1nccn1. The zero-order valence-electron chi connectivity index (χ0n) is 6.42. The Bertz CT molecular complexity index is 414. The predicted molar refractivity (Wildman–Crippen MR) is 46.4 cm³/mol. The highest BCUT2D eigenvalue weighted by Gasteiger charge is 2.06. The molecule has 0 unspecified atom stereocenters. The molecule has 0 aliphatic heterocycles. The normalized spacial score (nSPS) is 10.3. The van der Waals surface area contributed by atoms with Crippen molar-refractivity contribution in [2.45, 2.75) is 4.90 Å². The van der Waals surface area contributed by atoms with Gasteiger partial charge in [-0.1, -0.05) is 0 Å². The third kappa shape index (κ3) is 1.52. The molecular weight excluding hydrogens is 191 g/mol. The highest BCUT2D eigenvalue weighted by molar-refractivity contribution is 7.80. The Hall–Kier alpha value is -1.43. The molecule has 66 valence electrons. The van der Waals surface area contributed by atoms with Gasteiger partial charge in [-0.25, -0.2) is 9.37 Å². The molecule has 0 bridgehead atoms. The maximum atomic E-state index is 13.2. The first kappa shape index (κ1) is 8.18. The summed E-state index contributed by atoms with van der Waals surface area (Å²) in [5.74, 6) is -0.425. The van der Waals surface area contributed by atoms with E-state index in [0.717, 1.165) is 4.80 Å². The molecule has 0 saturated heterocycles. The van der Waals surface area contributed by atoms with Gasteiger partial charge in [0.1, 0.15) is 0 Å². The van der Waals surface area contributed by atoms with Crippen LogP contribution in [-0.4, -0.2) is 20.0 Å². The standard InChI is InChI=1S/C7H5FN4S/c8-6-3-5(13)4-9-7(6)12-10-1-2-11-12/h1-4,13H. The summed E-state index contributed by atoms with van der Waals surface area (Å²) in [6.07, 6.45) is 4.34. The van der Waals surface area contributed by atoms with Crippen LogP contribution in [0.1, 0.15) is 0 Å². The molecule has 0 fully saturated rings. The van der Waals surface area contributed by atoms with Crippen molar-refractivity contribution in [3.05, 3.63) is 30.5 Å². The van der Waals surface area contributed by atoms with E-state index in [1.807, 2.05) is 0 Å². The van der Waals surface area contributed by atoms with E-state index >= 15 is 0 Å². The van der Waals surface area contributed by atoms with Gasteiger partial charge in [0.2, 0.25) is 5.82 Å². The zero-order valence-corrected chi connectivity index (χ0v) is 7.32. The Morgan fingerprint density at radius 3 is 2.62 bits per heavy atom. The van der Waals surface area contributed by atoms with Gasteiger partial charge in [-0.15, -0.1) is 17.4 Å². The summed E-state index contributed by atoms with van der Waals surface area (Å²) in [7, 11) is 0. The van der Waals surface area contributed by atoms with Crippen molar-refractivity contribution in [3.8, 4) is 5.82 Å². The summed E-state index contributed by atoms with van der Waals surface area (Å²) in [5, 5.41) is 7.51. The van der Waals surface area contributed by atoms with Gasteiger partial charge < -0.3 is 0 Å². The van der Waals surface area contributed by atoms with E-state index in [1.165, 1.54) is 24.7 Å². The van der Waals surface area contributed by atoms with Crippen molar-refractivity contribution < 1.29 is 4.39 Å². The first-order chi connectivity index (χ1) is 6.27. The van der Waals surface area contributed by atoms with E-state index < -0.39 is 5.82 Å². The molecular formula is C7H5FN4S. The number of hydrogen-bond donors (Lipinski definition) is 1. The first-order valence-corrected chi connectivity index (χ1v) is 3.93. The lowest BCUT2D eigenvalue weighted by atomic mass is 10.4. The summed E-state index contributed by atoms with van der Waals surface area (Å²) >= 11 is 3.95. The Kier molecular flexibility index (Phi) is 1.97. The molecule has 0 saturated carbocycles. The first-order valence-electron chi connectivity index (χ1n) is 3.48. The van der Waals surface area contributed by atoms with E-state index in [9.17, 15) is 4.39 Å². The van der Waals surface area contributed by atoms with Gasteiger partial charge in [-0.2, -0.15) is 10.2 Å². The van der Waals surface area contributed by atoms with E-state index in [0.29, 0.717) is 4.90 Å². The summed E-state index contributed by atoms with van der Waals surface area (Å²) in [5.41, 5.74) is 0. The van der Waals surface area contributed by atoms with E-state index in [4.69, 9.17) is 0 Å². The molecule has 0 amide bonds. The monoisotopic (exact) mass is 196 g/mol. The molecule has 2 rings (SSSR count). The average Bonchev–Trinajstić information content (AvgIpc) is 2.56. The van der Waals surface area contributed by atoms with Crippen molar-refractivity contribution in [2.24, 2.45) is 0 Å². The summed E-state index contributed by atoms with van der Waals surface area (Å²) in [4.78, 5) is 5.39. The van der Waals surface area contributed by atoms with Gasteiger partial charge in [-0.3, -0.25) is 0 Å². The Labute approximate surface area is 78.8 Å². The number of nitrogens with zero attached hydrogens (tertiary/aromatic N) is 4. The Morgan fingerprint density at radius 1 is 1.31 bits per heavy atom. The predicted octanol–water partition coefficient (Wildman–Crippen LogP) is 1.09. The third-order valence-electron chi connectivity index (χ3n) is 1.42. The highest BCUT2D eigenvalue weighted by Crippen LogP contribution is 2.11. The molecule has 2 aromatic rings. The number of aromatic nitrogens is 4. The van der Waals surface area contributed by atoms with Crippen LogP contribution in [0.2, 0.25) is 0 Å². The molecule has 0 aliphatic rings. The van der Waals surface area contributed by atoms with Crippen LogP contribution < -0.4 is 0 Å². The van der Waals surface area contributed by atoms with Gasteiger partial charge in [0, 0.05) is 11.1 Å². The minimum absolute atomic E-state index is 0.0720. The molecule has 0 N–H and O–H groups in total. The second kappa shape index (κ2) is 3.14. The molecule has 13 heavy (non-hydrogen) atoms. The fourth-order valence-electron chi connectivity index (χ4n) is 0.893. The molecule has 0 atom stereocenters. The van der Waals surface area contributed by atoms with Crippen LogP contribution >= 0.6 is 12.6 Å².